The van der Waals surface area contributed by atoms with Gasteiger partial charge in [-0.3, -0.25) is 15.1 Å². The fraction of sp³-hybridized carbons (Fsp3) is 0.625. The van der Waals surface area contributed by atoms with E-state index < -0.39 is 5.97 Å². The Labute approximate surface area is 149 Å². The summed E-state index contributed by atoms with van der Waals surface area (Å²) in [7, 11) is 0. The van der Waals surface area contributed by atoms with Gasteiger partial charge in [0.1, 0.15) is 0 Å². The third kappa shape index (κ3) is 23.4. The van der Waals surface area contributed by atoms with E-state index >= 15 is 0 Å². The SMILES string of the molecule is CC/C=C\C=C/CN(CCCl)CCCl.N=C(N)CCCC(=O)O. The van der Waals surface area contributed by atoms with Crippen LogP contribution in [0.25, 0.3) is 0 Å². The van der Waals surface area contributed by atoms with Crippen LogP contribution in [-0.2, 0) is 4.79 Å². The van der Waals surface area contributed by atoms with E-state index in [4.69, 9.17) is 39.5 Å². The van der Waals surface area contributed by atoms with Gasteiger partial charge < -0.3 is 10.8 Å². The molecule has 0 unspecified atom stereocenters. The first-order chi connectivity index (χ1) is 11.0. The molecule has 0 aromatic carbocycles. The number of hydrogen-bond acceptors (Lipinski definition) is 3. The zero-order valence-electron chi connectivity index (χ0n) is 13.8. The number of nitrogens with two attached hydrogens (primary N) is 1. The van der Waals surface area contributed by atoms with Crippen LogP contribution in [0, 0.1) is 5.41 Å². The van der Waals surface area contributed by atoms with Crippen molar-refractivity contribution in [2.75, 3.05) is 31.4 Å². The average molecular weight is 366 g/mol. The number of nitrogens with one attached hydrogen (secondary N) is 1. The van der Waals surface area contributed by atoms with Crippen molar-refractivity contribution in [3.8, 4) is 0 Å². The molecule has 5 nitrogen and oxygen atoms in total. The Hall–Kier alpha value is -1.04. The molecule has 0 saturated heterocycles. The molecule has 134 valence electrons. The number of nitrogens with zero attached hydrogens (tertiary/aromatic N) is 1. The first-order valence-corrected chi connectivity index (χ1v) is 8.75. The molecule has 0 saturated carbocycles. The molecule has 0 atom stereocenters. The van der Waals surface area contributed by atoms with Crippen LogP contribution < -0.4 is 5.73 Å². The molecule has 0 aromatic heterocycles. The number of carbonyl (C=O) groups is 1. The fourth-order valence-electron chi connectivity index (χ4n) is 1.47. The topological polar surface area (TPSA) is 90.4 Å². The second kappa shape index (κ2) is 19.0. The van der Waals surface area contributed by atoms with E-state index in [-0.39, 0.29) is 12.3 Å². The van der Waals surface area contributed by atoms with E-state index in [1.807, 2.05) is 0 Å². The first-order valence-electron chi connectivity index (χ1n) is 7.68. The van der Waals surface area contributed by atoms with Crippen molar-refractivity contribution in [3.63, 3.8) is 0 Å². The van der Waals surface area contributed by atoms with E-state index in [1.54, 1.807) is 0 Å². The number of carboxylic acid groups (broad SMARTS) is 1. The standard InChI is InChI=1S/C11H19Cl2N.C5H10N2O2/c1-2-3-4-5-6-9-14(10-7-12)11-8-13;6-4(7)2-1-3-5(8)9/h3-6H,2,7-11H2,1H3;1-3H2,(H3,6,7)(H,8,9)/b4-3-,6-5-;. The second-order valence-electron chi connectivity index (χ2n) is 4.72. The van der Waals surface area contributed by atoms with Crippen molar-refractivity contribution in [2.24, 2.45) is 5.73 Å². The quantitative estimate of drug-likeness (QED) is 0.214. The maximum absolute atomic E-state index is 9.87. The number of amidine groups is 1. The van der Waals surface area contributed by atoms with Gasteiger partial charge in [-0.25, -0.2) is 0 Å². The van der Waals surface area contributed by atoms with Gasteiger partial charge in [0.2, 0.25) is 0 Å². The zero-order chi connectivity index (χ0) is 17.9. The van der Waals surface area contributed by atoms with E-state index in [9.17, 15) is 4.79 Å². The highest BCUT2D eigenvalue weighted by Gasteiger charge is 1.99. The second-order valence-corrected chi connectivity index (χ2v) is 5.47. The van der Waals surface area contributed by atoms with E-state index in [2.05, 4.69) is 36.1 Å². The van der Waals surface area contributed by atoms with E-state index in [0.717, 1.165) is 26.1 Å². The molecule has 0 fully saturated rings. The highest BCUT2D eigenvalue weighted by molar-refractivity contribution is 6.18. The lowest BCUT2D eigenvalue weighted by atomic mass is 10.2. The van der Waals surface area contributed by atoms with Gasteiger partial charge in [0.15, 0.2) is 0 Å². The van der Waals surface area contributed by atoms with Gasteiger partial charge >= 0.3 is 5.97 Å². The zero-order valence-corrected chi connectivity index (χ0v) is 15.3. The molecule has 0 aromatic rings. The Morgan fingerprint density at radius 3 is 2.17 bits per heavy atom. The van der Waals surface area contributed by atoms with Crippen LogP contribution in [0.1, 0.15) is 32.6 Å². The summed E-state index contributed by atoms with van der Waals surface area (Å²) >= 11 is 11.3. The maximum Gasteiger partial charge on any atom is 0.303 e. The highest BCUT2D eigenvalue weighted by atomic mass is 35.5. The third-order valence-corrected chi connectivity index (χ3v) is 2.96. The van der Waals surface area contributed by atoms with Crippen LogP contribution in [0.3, 0.4) is 0 Å². The summed E-state index contributed by atoms with van der Waals surface area (Å²) in [5, 5.41) is 14.8. The lowest BCUT2D eigenvalue weighted by Crippen LogP contribution is -2.27. The van der Waals surface area contributed by atoms with Gasteiger partial charge in [-0.05, 0) is 12.8 Å². The van der Waals surface area contributed by atoms with Crippen molar-refractivity contribution >= 4 is 35.0 Å². The van der Waals surface area contributed by atoms with Crippen molar-refractivity contribution in [1.82, 2.24) is 4.90 Å². The molecule has 0 aliphatic heterocycles. The lowest BCUT2D eigenvalue weighted by molar-refractivity contribution is -0.137. The maximum atomic E-state index is 9.87. The summed E-state index contributed by atoms with van der Waals surface area (Å²) in [5.41, 5.74) is 4.97. The van der Waals surface area contributed by atoms with Crippen molar-refractivity contribution in [3.05, 3.63) is 24.3 Å². The van der Waals surface area contributed by atoms with Crippen LogP contribution in [0.15, 0.2) is 24.3 Å². The summed E-state index contributed by atoms with van der Waals surface area (Å²) < 4.78 is 0. The number of aliphatic carboxylic acids is 1. The Bertz CT molecular complexity index is 341. The molecule has 0 bridgehead atoms. The predicted octanol–water partition coefficient (Wildman–Crippen LogP) is 3.47. The number of halogens is 2. The fourth-order valence-corrected chi connectivity index (χ4v) is 1.94. The molecule has 7 heteroatoms. The van der Waals surface area contributed by atoms with E-state index in [1.165, 1.54) is 0 Å². The molecular weight excluding hydrogens is 337 g/mol. The van der Waals surface area contributed by atoms with Gasteiger partial charge in [0, 0.05) is 44.2 Å². The normalized spacial score (nSPS) is 11.0. The first kappa shape index (κ1) is 24.2. The number of rotatable bonds is 12. The molecule has 0 heterocycles. The largest absolute Gasteiger partial charge is 0.481 e. The minimum Gasteiger partial charge on any atom is -0.481 e. The van der Waals surface area contributed by atoms with E-state index in [0.29, 0.717) is 24.6 Å². The van der Waals surface area contributed by atoms with Gasteiger partial charge in [-0.15, -0.1) is 23.2 Å². The minimum atomic E-state index is -0.837. The van der Waals surface area contributed by atoms with Gasteiger partial charge in [0.25, 0.3) is 0 Å². The third-order valence-electron chi connectivity index (χ3n) is 2.62. The van der Waals surface area contributed by atoms with Crippen LogP contribution in [0.5, 0.6) is 0 Å². The van der Waals surface area contributed by atoms with Gasteiger partial charge in [-0.2, -0.15) is 0 Å². The Balaban J connectivity index is 0. The van der Waals surface area contributed by atoms with Crippen LogP contribution in [-0.4, -0.2) is 53.2 Å². The number of alkyl halides is 2. The number of allylic oxidation sites excluding steroid dienone is 3. The van der Waals surface area contributed by atoms with Gasteiger partial charge in [0.05, 0.1) is 5.84 Å². The molecule has 0 amide bonds. The average Bonchev–Trinajstić information content (AvgIpc) is 2.47. The molecule has 0 aliphatic rings. The van der Waals surface area contributed by atoms with Gasteiger partial charge in [-0.1, -0.05) is 31.2 Å². The molecule has 0 aliphatic carbocycles. The van der Waals surface area contributed by atoms with Crippen molar-refractivity contribution in [2.45, 2.75) is 32.6 Å². The smallest absolute Gasteiger partial charge is 0.303 e. The lowest BCUT2D eigenvalue weighted by Gasteiger charge is -2.17. The predicted molar refractivity (Wildman–Crippen MR) is 99.9 cm³/mol. The van der Waals surface area contributed by atoms with Crippen LogP contribution >= 0.6 is 23.2 Å². The van der Waals surface area contributed by atoms with Crippen LogP contribution in [0.2, 0.25) is 0 Å². The summed E-state index contributed by atoms with van der Waals surface area (Å²) in [6.45, 7) is 4.84. The van der Waals surface area contributed by atoms with Crippen molar-refractivity contribution in [1.29, 1.82) is 5.41 Å². The monoisotopic (exact) mass is 365 g/mol. The Morgan fingerprint density at radius 1 is 1.17 bits per heavy atom. The Morgan fingerprint density at radius 2 is 1.74 bits per heavy atom. The molecule has 0 spiro atoms. The van der Waals surface area contributed by atoms with Crippen LogP contribution in [0.4, 0.5) is 0 Å². The molecular formula is C16H29Cl2N3O2. The van der Waals surface area contributed by atoms with Crippen molar-refractivity contribution < 1.29 is 9.90 Å². The summed E-state index contributed by atoms with van der Waals surface area (Å²) in [4.78, 5) is 12.1. The molecule has 0 radical (unpaired) electrons. The summed E-state index contributed by atoms with van der Waals surface area (Å²) in [6, 6.07) is 0. The minimum absolute atomic E-state index is 0.0521. The number of hydrogen-bond donors (Lipinski definition) is 3. The highest BCUT2D eigenvalue weighted by Crippen LogP contribution is 1.93. The molecule has 4 N–H and O–H groups in total. The molecule has 23 heavy (non-hydrogen) atoms. The summed E-state index contributed by atoms with van der Waals surface area (Å²) in [6.07, 6.45) is 10.4. The summed E-state index contributed by atoms with van der Waals surface area (Å²) in [5.74, 6) is 0.540. The number of carboxylic acids is 1. The molecule has 0 rings (SSSR count). The Kier molecular flexibility index (Phi) is 20.0.